The second-order valence-corrected chi connectivity index (χ2v) is 9.94. The molecule has 4 rings (SSSR count). The number of hydrogen-bond acceptors (Lipinski definition) is 9. The summed E-state index contributed by atoms with van der Waals surface area (Å²) in [6, 6.07) is 12.6. The van der Waals surface area contributed by atoms with Gasteiger partial charge in [0.05, 0.1) is 13.2 Å². The number of likely N-dealkylation sites (tertiary alicyclic amines) is 1. The summed E-state index contributed by atoms with van der Waals surface area (Å²) in [4.78, 5) is 29.8. The molecule has 0 bridgehead atoms. The van der Waals surface area contributed by atoms with Gasteiger partial charge in [0, 0.05) is 41.9 Å². The Morgan fingerprint density at radius 3 is 2.63 bits per heavy atom. The molecule has 1 fully saturated rings. The van der Waals surface area contributed by atoms with Gasteiger partial charge < -0.3 is 28.7 Å². The van der Waals surface area contributed by atoms with Crippen molar-refractivity contribution in [1.29, 1.82) is 0 Å². The van der Waals surface area contributed by atoms with Gasteiger partial charge in [-0.1, -0.05) is 29.7 Å². The van der Waals surface area contributed by atoms with Crippen LogP contribution in [0.1, 0.15) is 38.1 Å². The number of esters is 1. The molecule has 0 radical (unpaired) electrons. The third-order valence-electron chi connectivity index (χ3n) is 6.95. The van der Waals surface area contributed by atoms with Crippen LogP contribution in [0.2, 0.25) is 5.02 Å². The Balaban J connectivity index is 1.53. The summed E-state index contributed by atoms with van der Waals surface area (Å²) in [6.07, 6.45) is -0.713. The molecule has 11 heteroatoms. The summed E-state index contributed by atoms with van der Waals surface area (Å²) < 4.78 is 21.7. The molecule has 1 saturated heterocycles. The number of benzene rings is 2. The van der Waals surface area contributed by atoms with Crippen LogP contribution in [-0.2, 0) is 20.9 Å². The molecule has 2 heterocycles. The number of halogens is 1. The van der Waals surface area contributed by atoms with Crippen LogP contribution in [0.15, 0.2) is 47.0 Å². The van der Waals surface area contributed by atoms with Gasteiger partial charge in [0.25, 0.3) is 11.8 Å². The first-order chi connectivity index (χ1) is 18.1. The van der Waals surface area contributed by atoms with E-state index in [4.69, 9.17) is 30.3 Å². The molecule has 3 unspecified atom stereocenters. The van der Waals surface area contributed by atoms with Crippen LogP contribution < -0.4 is 9.47 Å². The summed E-state index contributed by atoms with van der Waals surface area (Å²) in [5.41, 5.74) is 0.979. The standard InChI is InChI=1S/C27H30ClN3O7/c1-16(32)27(3)15-31(25(34)14-36-17(2)33)12-21(27)19-7-10-22(35-4)23(11-19)37-13-24-29-26(30-38-24)18-5-8-20(28)9-6-18/h5-11,16,21,32H,12-15H2,1-4H3. The van der Waals surface area contributed by atoms with E-state index in [-0.39, 0.29) is 30.9 Å². The molecule has 202 valence electrons. The number of aliphatic hydroxyl groups is 1. The average Bonchev–Trinajstić information content (AvgIpc) is 3.52. The highest BCUT2D eigenvalue weighted by molar-refractivity contribution is 6.30. The van der Waals surface area contributed by atoms with Crippen molar-refractivity contribution >= 4 is 23.5 Å². The molecule has 1 aliphatic heterocycles. The molecule has 1 amide bonds. The molecular formula is C27H30ClN3O7. The van der Waals surface area contributed by atoms with Crippen molar-refractivity contribution in [1.82, 2.24) is 15.0 Å². The molecule has 3 aromatic rings. The van der Waals surface area contributed by atoms with Crippen molar-refractivity contribution in [3.8, 4) is 22.9 Å². The van der Waals surface area contributed by atoms with Crippen molar-refractivity contribution in [2.45, 2.75) is 39.4 Å². The van der Waals surface area contributed by atoms with Crippen molar-refractivity contribution in [2.75, 3.05) is 26.8 Å². The summed E-state index contributed by atoms with van der Waals surface area (Å²) in [5.74, 6) is 0.604. The molecule has 0 aliphatic carbocycles. The van der Waals surface area contributed by atoms with E-state index in [1.54, 1.807) is 42.2 Å². The average molecular weight is 544 g/mol. The Morgan fingerprint density at radius 2 is 1.97 bits per heavy atom. The van der Waals surface area contributed by atoms with Gasteiger partial charge in [-0.25, -0.2) is 0 Å². The predicted octanol–water partition coefficient (Wildman–Crippen LogP) is 3.85. The number of hydrogen-bond donors (Lipinski definition) is 1. The van der Waals surface area contributed by atoms with Crippen molar-refractivity contribution in [2.24, 2.45) is 5.41 Å². The van der Waals surface area contributed by atoms with Crippen molar-refractivity contribution in [3.63, 3.8) is 0 Å². The Bertz CT molecular complexity index is 1290. The molecule has 0 saturated carbocycles. The zero-order valence-electron chi connectivity index (χ0n) is 21.6. The maximum Gasteiger partial charge on any atom is 0.303 e. The zero-order valence-corrected chi connectivity index (χ0v) is 22.4. The lowest BCUT2D eigenvalue weighted by Crippen LogP contribution is -2.39. The van der Waals surface area contributed by atoms with Crippen LogP contribution >= 0.6 is 11.6 Å². The first-order valence-electron chi connectivity index (χ1n) is 12.1. The highest BCUT2D eigenvalue weighted by Crippen LogP contribution is 2.47. The highest BCUT2D eigenvalue weighted by Gasteiger charge is 2.48. The fourth-order valence-electron chi connectivity index (χ4n) is 4.56. The quantitative estimate of drug-likeness (QED) is 0.400. The Kier molecular flexibility index (Phi) is 8.23. The van der Waals surface area contributed by atoms with E-state index >= 15 is 0 Å². The molecule has 3 atom stereocenters. The number of carbonyl (C=O) groups is 2. The number of aliphatic hydroxyl groups excluding tert-OH is 1. The van der Waals surface area contributed by atoms with Crippen molar-refractivity contribution in [3.05, 3.63) is 58.9 Å². The lowest BCUT2D eigenvalue weighted by Gasteiger charge is -2.33. The molecule has 1 aromatic heterocycles. The van der Waals surface area contributed by atoms with E-state index in [1.807, 2.05) is 19.1 Å². The lowest BCUT2D eigenvalue weighted by molar-refractivity contribution is -0.150. The molecule has 2 aromatic carbocycles. The third-order valence-corrected chi connectivity index (χ3v) is 7.20. The van der Waals surface area contributed by atoms with Crippen molar-refractivity contribution < 1.29 is 33.4 Å². The molecule has 10 nitrogen and oxygen atoms in total. The maximum absolute atomic E-state index is 12.7. The topological polar surface area (TPSA) is 124 Å². The monoisotopic (exact) mass is 543 g/mol. The minimum atomic E-state index is -0.713. The SMILES string of the molecule is COc1ccc(C2CN(C(=O)COC(C)=O)CC2(C)C(C)O)cc1OCc1nc(-c2ccc(Cl)cc2)no1. The number of amides is 1. The number of aromatic nitrogens is 2. The Hall–Kier alpha value is -3.63. The Labute approximate surface area is 225 Å². The van der Waals surface area contributed by atoms with Gasteiger partial charge in [-0.2, -0.15) is 4.98 Å². The van der Waals surface area contributed by atoms with Gasteiger partial charge in [-0.3, -0.25) is 9.59 Å². The molecule has 38 heavy (non-hydrogen) atoms. The number of methoxy groups -OCH3 is 1. The third kappa shape index (κ3) is 5.92. The van der Waals surface area contributed by atoms with Crippen LogP contribution in [0, 0.1) is 5.41 Å². The van der Waals surface area contributed by atoms with Gasteiger partial charge in [0.2, 0.25) is 5.82 Å². The number of ether oxygens (including phenoxy) is 3. The molecule has 1 N–H and O–H groups in total. The summed E-state index contributed by atoms with van der Waals surface area (Å²) >= 11 is 5.95. The summed E-state index contributed by atoms with van der Waals surface area (Å²) in [5, 5.41) is 15.3. The smallest absolute Gasteiger partial charge is 0.303 e. The Morgan fingerprint density at radius 1 is 1.24 bits per heavy atom. The van der Waals surface area contributed by atoms with Crippen LogP contribution in [0.3, 0.4) is 0 Å². The van der Waals surface area contributed by atoms with Crippen LogP contribution in [0.4, 0.5) is 0 Å². The minimum absolute atomic E-state index is 0.00569. The van der Waals surface area contributed by atoms with E-state index in [0.29, 0.717) is 35.4 Å². The molecular weight excluding hydrogens is 514 g/mol. The molecule has 0 spiro atoms. The predicted molar refractivity (Wildman–Crippen MR) is 138 cm³/mol. The fraction of sp³-hybridized carbons (Fsp3) is 0.407. The van der Waals surface area contributed by atoms with E-state index in [2.05, 4.69) is 10.1 Å². The van der Waals surface area contributed by atoms with E-state index < -0.39 is 17.5 Å². The number of carbonyl (C=O) groups excluding carboxylic acids is 2. The largest absolute Gasteiger partial charge is 0.493 e. The fourth-order valence-corrected chi connectivity index (χ4v) is 4.69. The first-order valence-corrected chi connectivity index (χ1v) is 12.5. The van der Waals surface area contributed by atoms with Gasteiger partial charge in [-0.05, 0) is 48.9 Å². The van der Waals surface area contributed by atoms with Crippen LogP contribution in [0.25, 0.3) is 11.4 Å². The second kappa shape index (κ2) is 11.4. The van der Waals surface area contributed by atoms with E-state index in [1.165, 1.54) is 14.0 Å². The second-order valence-electron chi connectivity index (χ2n) is 9.51. The van der Waals surface area contributed by atoms with E-state index in [0.717, 1.165) is 11.1 Å². The summed E-state index contributed by atoms with van der Waals surface area (Å²) in [7, 11) is 1.54. The van der Waals surface area contributed by atoms with Crippen LogP contribution in [-0.4, -0.2) is 64.9 Å². The lowest BCUT2D eigenvalue weighted by atomic mass is 9.72. The zero-order chi connectivity index (χ0) is 27.4. The maximum atomic E-state index is 12.7. The number of rotatable bonds is 9. The van der Waals surface area contributed by atoms with Crippen LogP contribution in [0.5, 0.6) is 11.5 Å². The normalized spacial score (nSPS) is 19.7. The van der Waals surface area contributed by atoms with E-state index in [9.17, 15) is 14.7 Å². The number of nitrogens with zero attached hydrogens (tertiary/aromatic N) is 3. The van der Waals surface area contributed by atoms with Gasteiger partial charge in [-0.15, -0.1) is 0 Å². The summed E-state index contributed by atoms with van der Waals surface area (Å²) in [6.45, 7) is 5.23. The van der Waals surface area contributed by atoms with Gasteiger partial charge in [0.15, 0.2) is 24.7 Å². The highest BCUT2D eigenvalue weighted by atomic mass is 35.5. The van der Waals surface area contributed by atoms with Gasteiger partial charge >= 0.3 is 5.97 Å². The first kappa shape index (κ1) is 27.4. The minimum Gasteiger partial charge on any atom is -0.493 e. The molecule has 1 aliphatic rings. The van der Waals surface area contributed by atoms with Gasteiger partial charge in [0.1, 0.15) is 0 Å².